The Kier molecular flexibility index (Phi) is 3.16. The number of amidine groups is 1. The average molecular weight is 325 g/mol. The maximum atomic E-state index is 12.7. The Bertz CT molecular complexity index is 943. The van der Waals surface area contributed by atoms with E-state index in [-0.39, 0.29) is 5.78 Å². The number of benzene rings is 1. The van der Waals surface area contributed by atoms with E-state index in [9.17, 15) is 4.79 Å². The molecule has 6 heteroatoms. The van der Waals surface area contributed by atoms with Crippen LogP contribution in [0.15, 0.2) is 53.7 Å². The zero-order valence-electron chi connectivity index (χ0n) is 12.3. The molecule has 0 saturated heterocycles. The Hall–Kier alpha value is -2.66. The summed E-state index contributed by atoms with van der Waals surface area (Å²) in [6.45, 7) is 1.79. The first kappa shape index (κ1) is 14.0. The van der Waals surface area contributed by atoms with Gasteiger partial charge in [0.25, 0.3) is 0 Å². The number of rotatable bonds is 1. The molecule has 2 aromatic heterocycles. The molecule has 114 valence electrons. The molecular weight excluding hydrogens is 312 g/mol. The fourth-order valence-corrected chi connectivity index (χ4v) is 2.79. The third-order valence-corrected chi connectivity index (χ3v) is 4.07. The van der Waals surface area contributed by atoms with Gasteiger partial charge >= 0.3 is 0 Å². The molecule has 0 spiro atoms. The minimum atomic E-state index is -0.491. The van der Waals surface area contributed by atoms with Gasteiger partial charge in [0.05, 0.1) is 0 Å². The zero-order chi connectivity index (χ0) is 16.0. The highest BCUT2D eigenvalue weighted by molar-refractivity contribution is 6.30. The van der Waals surface area contributed by atoms with E-state index in [1.165, 1.54) is 0 Å². The second-order valence-corrected chi connectivity index (χ2v) is 5.82. The normalized spacial score (nSPS) is 17.4. The smallest absolute Gasteiger partial charge is 0.207 e. The SMILES string of the molecule is C[C@@H]1N=C(c2ccc(Cl)cc2)Nc2nc3ccccn3c2C1=O. The maximum absolute atomic E-state index is 12.7. The Morgan fingerprint density at radius 2 is 1.96 bits per heavy atom. The van der Waals surface area contributed by atoms with E-state index in [4.69, 9.17) is 11.6 Å². The van der Waals surface area contributed by atoms with Gasteiger partial charge in [0.1, 0.15) is 23.2 Å². The average Bonchev–Trinajstić information content (AvgIpc) is 2.86. The van der Waals surface area contributed by atoms with Crippen LogP contribution in [0, 0.1) is 0 Å². The maximum Gasteiger partial charge on any atom is 0.207 e. The van der Waals surface area contributed by atoms with E-state index in [2.05, 4.69) is 15.3 Å². The van der Waals surface area contributed by atoms with Crippen LogP contribution in [0.3, 0.4) is 0 Å². The first-order valence-electron chi connectivity index (χ1n) is 7.25. The monoisotopic (exact) mass is 324 g/mol. The van der Waals surface area contributed by atoms with E-state index < -0.39 is 6.04 Å². The Morgan fingerprint density at radius 1 is 1.17 bits per heavy atom. The number of aliphatic imine (C=N–C) groups is 1. The molecule has 1 atom stereocenters. The minimum Gasteiger partial charge on any atom is -0.323 e. The molecule has 1 aliphatic heterocycles. The van der Waals surface area contributed by atoms with E-state index >= 15 is 0 Å². The molecule has 0 bridgehead atoms. The Morgan fingerprint density at radius 3 is 2.74 bits per heavy atom. The van der Waals surface area contributed by atoms with E-state index in [1.54, 1.807) is 23.5 Å². The Labute approximate surface area is 137 Å². The summed E-state index contributed by atoms with van der Waals surface area (Å²) >= 11 is 5.94. The van der Waals surface area contributed by atoms with Crippen molar-refractivity contribution in [1.82, 2.24) is 9.38 Å². The van der Waals surface area contributed by atoms with Crippen LogP contribution in [0.1, 0.15) is 23.0 Å². The van der Waals surface area contributed by atoms with Crippen LogP contribution < -0.4 is 5.32 Å². The Balaban J connectivity index is 1.88. The molecule has 3 heterocycles. The van der Waals surface area contributed by atoms with Crippen LogP contribution in [-0.4, -0.2) is 27.0 Å². The number of Topliss-reactive ketones (excluding diaryl/α,β-unsaturated/α-hetero) is 1. The molecule has 4 rings (SSSR count). The standard InChI is InChI=1S/C17H13ClN4O/c1-10-15(23)14-17(20-13-4-2-3-9-22(13)14)21-16(19-10)11-5-7-12(18)8-6-11/h2-10H,1H3,(H,19,21)/t10-/m0/s1. The predicted molar refractivity (Wildman–Crippen MR) is 90.6 cm³/mol. The number of halogens is 1. The summed E-state index contributed by atoms with van der Waals surface area (Å²) in [6, 6.07) is 12.5. The highest BCUT2D eigenvalue weighted by Gasteiger charge is 2.28. The molecule has 0 radical (unpaired) electrons. The lowest BCUT2D eigenvalue weighted by molar-refractivity contribution is 0.0965. The van der Waals surface area contributed by atoms with Gasteiger partial charge in [-0.1, -0.05) is 17.7 Å². The number of nitrogens with one attached hydrogen (secondary N) is 1. The summed E-state index contributed by atoms with van der Waals surface area (Å²) in [4.78, 5) is 21.7. The number of carbonyl (C=O) groups is 1. The van der Waals surface area contributed by atoms with Crippen LogP contribution in [0.2, 0.25) is 5.02 Å². The summed E-state index contributed by atoms with van der Waals surface area (Å²) in [5, 5.41) is 3.85. The van der Waals surface area contributed by atoms with Gasteiger partial charge in [0.2, 0.25) is 5.78 Å². The second-order valence-electron chi connectivity index (χ2n) is 5.39. The van der Waals surface area contributed by atoms with Crippen LogP contribution in [0.5, 0.6) is 0 Å². The van der Waals surface area contributed by atoms with Crippen molar-refractivity contribution in [1.29, 1.82) is 0 Å². The summed E-state index contributed by atoms with van der Waals surface area (Å²) < 4.78 is 1.79. The van der Waals surface area contributed by atoms with Gasteiger partial charge < -0.3 is 5.32 Å². The van der Waals surface area contributed by atoms with E-state index in [0.717, 1.165) is 11.2 Å². The van der Waals surface area contributed by atoms with E-state index in [1.807, 2.05) is 36.5 Å². The van der Waals surface area contributed by atoms with Gasteiger partial charge in [-0.15, -0.1) is 0 Å². The lowest BCUT2D eigenvalue weighted by Gasteiger charge is -2.07. The molecule has 0 fully saturated rings. The molecule has 5 nitrogen and oxygen atoms in total. The highest BCUT2D eigenvalue weighted by atomic mass is 35.5. The van der Waals surface area contributed by atoms with Crippen molar-refractivity contribution in [2.45, 2.75) is 13.0 Å². The van der Waals surface area contributed by atoms with Crippen molar-refractivity contribution in [2.75, 3.05) is 5.32 Å². The summed E-state index contributed by atoms with van der Waals surface area (Å²) in [7, 11) is 0. The van der Waals surface area contributed by atoms with Crippen LogP contribution in [0.25, 0.3) is 5.65 Å². The quantitative estimate of drug-likeness (QED) is 0.746. The van der Waals surface area contributed by atoms with Gasteiger partial charge in [-0.05, 0) is 43.3 Å². The molecule has 1 aliphatic rings. The topological polar surface area (TPSA) is 58.8 Å². The fraction of sp³-hybridized carbons (Fsp3) is 0.118. The van der Waals surface area contributed by atoms with Crippen molar-refractivity contribution < 1.29 is 4.79 Å². The largest absolute Gasteiger partial charge is 0.323 e. The van der Waals surface area contributed by atoms with Crippen molar-refractivity contribution in [3.63, 3.8) is 0 Å². The molecule has 23 heavy (non-hydrogen) atoms. The lowest BCUT2D eigenvalue weighted by Crippen LogP contribution is -2.17. The van der Waals surface area contributed by atoms with Crippen molar-refractivity contribution in [2.24, 2.45) is 4.99 Å². The fourth-order valence-electron chi connectivity index (χ4n) is 2.67. The summed E-state index contributed by atoms with van der Waals surface area (Å²) in [5.41, 5.74) is 2.11. The summed E-state index contributed by atoms with van der Waals surface area (Å²) in [6.07, 6.45) is 1.83. The second kappa shape index (κ2) is 5.21. The molecule has 0 aliphatic carbocycles. The molecule has 0 amide bonds. The number of fused-ring (bicyclic) bond motifs is 3. The van der Waals surface area contributed by atoms with Gasteiger partial charge in [-0.2, -0.15) is 0 Å². The molecule has 1 aromatic carbocycles. The number of nitrogens with zero attached hydrogens (tertiary/aromatic N) is 3. The van der Waals surface area contributed by atoms with Crippen molar-refractivity contribution in [3.8, 4) is 0 Å². The summed E-state index contributed by atoms with van der Waals surface area (Å²) in [5.74, 6) is 1.08. The number of pyridine rings is 1. The number of carbonyl (C=O) groups excluding carboxylic acids is 1. The van der Waals surface area contributed by atoms with E-state index in [0.29, 0.717) is 22.4 Å². The number of imidazole rings is 1. The number of hydrogen-bond acceptors (Lipinski definition) is 4. The molecular formula is C17H13ClN4O. The number of aromatic nitrogens is 2. The predicted octanol–water partition coefficient (Wildman–Crippen LogP) is 3.43. The minimum absolute atomic E-state index is 0.0600. The third kappa shape index (κ3) is 2.29. The van der Waals surface area contributed by atoms with Gasteiger partial charge in [0.15, 0.2) is 5.82 Å². The lowest BCUT2D eigenvalue weighted by atomic mass is 10.1. The van der Waals surface area contributed by atoms with Gasteiger partial charge in [0, 0.05) is 16.8 Å². The third-order valence-electron chi connectivity index (χ3n) is 3.82. The molecule has 3 aromatic rings. The molecule has 0 saturated carbocycles. The number of anilines is 1. The first-order chi connectivity index (χ1) is 11.1. The zero-order valence-corrected chi connectivity index (χ0v) is 13.1. The highest BCUT2D eigenvalue weighted by Crippen LogP contribution is 2.24. The van der Waals surface area contributed by atoms with Crippen LogP contribution in [0.4, 0.5) is 5.82 Å². The van der Waals surface area contributed by atoms with Crippen LogP contribution >= 0.6 is 11.6 Å². The van der Waals surface area contributed by atoms with Gasteiger partial charge in [-0.25, -0.2) is 4.98 Å². The first-order valence-corrected chi connectivity index (χ1v) is 7.63. The van der Waals surface area contributed by atoms with Crippen molar-refractivity contribution >= 4 is 34.7 Å². The van der Waals surface area contributed by atoms with Gasteiger partial charge in [-0.3, -0.25) is 14.2 Å². The van der Waals surface area contributed by atoms with Crippen molar-refractivity contribution in [3.05, 3.63) is 64.9 Å². The number of ketones is 1. The number of hydrogen-bond donors (Lipinski definition) is 1. The van der Waals surface area contributed by atoms with Crippen LogP contribution in [-0.2, 0) is 0 Å². The molecule has 1 N–H and O–H groups in total. The molecule has 0 unspecified atom stereocenters.